The number of amides is 2. The number of carbonyl (C=O) groups excluding carboxylic acids is 2. The van der Waals surface area contributed by atoms with Gasteiger partial charge in [0.2, 0.25) is 5.91 Å². The Morgan fingerprint density at radius 1 is 1.00 bits per heavy atom. The van der Waals surface area contributed by atoms with Gasteiger partial charge < -0.3 is 14.8 Å². The lowest BCUT2D eigenvalue weighted by Gasteiger charge is -2.36. The highest BCUT2D eigenvalue weighted by atomic mass is 16.2. The summed E-state index contributed by atoms with van der Waals surface area (Å²) in [6, 6.07) is 10.1. The van der Waals surface area contributed by atoms with Gasteiger partial charge in [0, 0.05) is 42.5 Å². The lowest BCUT2D eigenvalue weighted by atomic mass is 9.84. The number of rotatable bonds is 2. The smallest absolute Gasteiger partial charge is 0.270 e. The third kappa shape index (κ3) is 2.61. The molecule has 2 unspecified atom stereocenters. The molecule has 4 fully saturated rings. The van der Waals surface area contributed by atoms with Crippen LogP contribution in [0.3, 0.4) is 0 Å². The van der Waals surface area contributed by atoms with E-state index < -0.39 is 0 Å². The number of fused-ring (bicyclic) bond motifs is 5. The SMILES string of the molecule is O=C(C1CCC1)N1CC2CCC(C1)N(C(=O)c1cc3ccccc3[nH]1)C2. The molecule has 4 aliphatic rings. The van der Waals surface area contributed by atoms with Crippen LogP contribution in [0.1, 0.15) is 42.6 Å². The van der Waals surface area contributed by atoms with Gasteiger partial charge in [-0.2, -0.15) is 0 Å². The Morgan fingerprint density at radius 2 is 1.85 bits per heavy atom. The van der Waals surface area contributed by atoms with Crippen LogP contribution in [0.4, 0.5) is 0 Å². The van der Waals surface area contributed by atoms with Crippen LogP contribution in [0, 0.1) is 11.8 Å². The van der Waals surface area contributed by atoms with Gasteiger partial charge in [0.05, 0.1) is 0 Å². The van der Waals surface area contributed by atoms with Gasteiger partial charge >= 0.3 is 0 Å². The normalized spacial score (nSPS) is 26.0. The first-order valence-corrected chi connectivity index (χ1v) is 9.86. The first-order valence-electron chi connectivity index (χ1n) is 9.86. The molecule has 5 nitrogen and oxygen atoms in total. The van der Waals surface area contributed by atoms with E-state index in [1.807, 2.05) is 35.2 Å². The summed E-state index contributed by atoms with van der Waals surface area (Å²) in [4.78, 5) is 33.3. The number of H-pyrrole nitrogens is 1. The summed E-state index contributed by atoms with van der Waals surface area (Å²) in [5.74, 6) is 1.05. The molecule has 2 amide bonds. The van der Waals surface area contributed by atoms with Crippen molar-refractivity contribution in [2.24, 2.45) is 11.8 Å². The molecule has 3 saturated heterocycles. The average molecular weight is 351 g/mol. The van der Waals surface area contributed by atoms with Gasteiger partial charge in [-0.15, -0.1) is 0 Å². The highest BCUT2D eigenvalue weighted by Crippen LogP contribution is 2.33. The lowest BCUT2D eigenvalue weighted by molar-refractivity contribution is -0.138. The van der Waals surface area contributed by atoms with Crippen LogP contribution in [0.5, 0.6) is 0 Å². The van der Waals surface area contributed by atoms with Crippen LogP contribution in [-0.2, 0) is 4.79 Å². The topological polar surface area (TPSA) is 56.4 Å². The van der Waals surface area contributed by atoms with Crippen LogP contribution in [0.25, 0.3) is 10.9 Å². The number of piperidine rings is 1. The van der Waals surface area contributed by atoms with E-state index in [1.54, 1.807) is 0 Å². The zero-order valence-electron chi connectivity index (χ0n) is 15.0. The molecule has 2 bridgehead atoms. The quantitative estimate of drug-likeness (QED) is 0.904. The summed E-state index contributed by atoms with van der Waals surface area (Å²) in [5.41, 5.74) is 1.66. The molecular weight excluding hydrogens is 326 g/mol. The monoisotopic (exact) mass is 351 g/mol. The molecule has 4 heterocycles. The molecule has 2 atom stereocenters. The van der Waals surface area contributed by atoms with Crippen molar-refractivity contribution in [2.45, 2.75) is 38.1 Å². The number of aromatic amines is 1. The standard InChI is InChI=1S/C21H25N3O2/c25-20(15-5-3-6-15)23-11-14-8-9-17(13-23)24(12-14)21(26)19-10-16-4-1-2-7-18(16)22-19/h1-2,4,7,10,14-15,17,22H,3,5-6,8-9,11-13H2. The van der Waals surface area contributed by atoms with E-state index in [0.717, 1.165) is 49.7 Å². The summed E-state index contributed by atoms with van der Waals surface area (Å²) in [6.45, 7) is 2.30. The first kappa shape index (κ1) is 15.9. The van der Waals surface area contributed by atoms with Gasteiger partial charge in [0.15, 0.2) is 0 Å². The second-order valence-electron chi connectivity index (χ2n) is 8.20. The summed E-state index contributed by atoms with van der Waals surface area (Å²) >= 11 is 0. The molecular formula is C21H25N3O2. The highest BCUT2D eigenvalue weighted by molar-refractivity contribution is 5.98. The Bertz CT molecular complexity index is 821. The number of aromatic nitrogens is 1. The van der Waals surface area contributed by atoms with Gasteiger partial charge in [0.1, 0.15) is 5.69 Å². The highest BCUT2D eigenvalue weighted by Gasteiger charge is 2.41. The second kappa shape index (κ2) is 6.15. The summed E-state index contributed by atoms with van der Waals surface area (Å²) < 4.78 is 0. The van der Waals surface area contributed by atoms with Gasteiger partial charge in [-0.1, -0.05) is 24.6 Å². The van der Waals surface area contributed by atoms with Crippen molar-refractivity contribution < 1.29 is 9.59 Å². The molecule has 6 rings (SSSR count). The molecule has 0 spiro atoms. The third-order valence-corrected chi connectivity index (χ3v) is 6.50. The summed E-state index contributed by atoms with van der Waals surface area (Å²) in [7, 11) is 0. The number of carbonyl (C=O) groups is 2. The van der Waals surface area contributed by atoms with Crippen LogP contribution >= 0.6 is 0 Å². The Morgan fingerprint density at radius 3 is 2.62 bits per heavy atom. The number of para-hydroxylation sites is 1. The maximum Gasteiger partial charge on any atom is 0.270 e. The predicted octanol–water partition coefficient (Wildman–Crippen LogP) is 3.03. The first-order chi connectivity index (χ1) is 12.7. The number of benzene rings is 1. The fourth-order valence-electron chi connectivity index (χ4n) is 4.77. The molecule has 136 valence electrons. The molecule has 1 aromatic heterocycles. The van der Waals surface area contributed by atoms with Crippen molar-refractivity contribution >= 4 is 22.7 Å². The Balaban J connectivity index is 1.38. The zero-order valence-corrected chi connectivity index (χ0v) is 15.0. The van der Waals surface area contributed by atoms with E-state index in [2.05, 4.69) is 9.88 Å². The van der Waals surface area contributed by atoms with Crippen LogP contribution < -0.4 is 0 Å². The third-order valence-electron chi connectivity index (χ3n) is 6.50. The van der Waals surface area contributed by atoms with Crippen molar-refractivity contribution in [1.82, 2.24) is 14.8 Å². The molecule has 1 aromatic carbocycles. The van der Waals surface area contributed by atoms with Gasteiger partial charge in [-0.3, -0.25) is 9.59 Å². The van der Waals surface area contributed by atoms with Gasteiger partial charge in [-0.25, -0.2) is 0 Å². The number of hydrogen-bond donors (Lipinski definition) is 1. The minimum atomic E-state index is 0.0776. The number of nitrogens with zero attached hydrogens (tertiary/aromatic N) is 2. The fraction of sp³-hybridized carbons (Fsp3) is 0.524. The van der Waals surface area contributed by atoms with E-state index in [-0.39, 0.29) is 17.9 Å². The van der Waals surface area contributed by atoms with E-state index in [4.69, 9.17) is 0 Å². The van der Waals surface area contributed by atoms with Crippen LogP contribution in [0.15, 0.2) is 30.3 Å². The molecule has 1 N–H and O–H groups in total. The molecule has 26 heavy (non-hydrogen) atoms. The van der Waals surface area contributed by atoms with Crippen molar-refractivity contribution in [3.63, 3.8) is 0 Å². The number of hydrogen-bond acceptors (Lipinski definition) is 2. The molecule has 1 saturated carbocycles. The Labute approximate surface area is 153 Å². The molecule has 2 aromatic rings. The Kier molecular flexibility index (Phi) is 3.76. The van der Waals surface area contributed by atoms with E-state index in [0.29, 0.717) is 24.1 Å². The summed E-state index contributed by atoms with van der Waals surface area (Å²) in [6.07, 6.45) is 5.40. The van der Waals surface area contributed by atoms with Crippen molar-refractivity contribution in [3.05, 3.63) is 36.0 Å². The molecule has 3 aliphatic heterocycles. The molecule has 0 radical (unpaired) electrons. The molecule has 1 aliphatic carbocycles. The summed E-state index contributed by atoms with van der Waals surface area (Å²) in [5, 5.41) is 1.07. The minimum absolute atomic E-state index is 0.0776. The van der Waals surface area contributed by atoms with Crippen molar-refractivity contribution in [2.75, 3.05) is 19.6 Å². The maximum absolute atomic E-state index is 13.2. The second-order valence-corrected chi connectivity index (χ2v) is 8.20. The van der Waals surface area contributed by atoms with Gasteiger partial charge in [-0.05, 0) is 43.7 Å². The largest absolute Gasteiger partial charge is 0.351 e. The minimum Gasteiger partial charge on any atom is -0.351 e. The van der Waals surface area contributed by atoms with E-state index in [9.17, 15) is 9.59 Å². The molecule has 5 heteroatoms. The van der Waals surface area contributed by atoms with Crippen molar-refractivity contribution in [3.8, 4) is 0 Å². The van der Waals surface area contributed by atoms with Crippen molar-refractivity contribution in [1.29, 1.82) is 0 Å². The predicted molar refractivity (Wildman–Crippen MR) is 99.8 cm³/mol. The van der Waals surface area contributed by atoms with E-state index >= 15 is 0 Å². The van der Waals surface area contributed by atoms with E-state index in [1.165, 1.54) is 6.42 Å². The zero-order chi connectivity index (χ0) is 17.7. The number of nitrogens with one attached hydrogen (secondary N) is 1. The Hall–Kier alpha value is -2.30. The fourth-order valence-corrected chi connectivity index (χ4v) is 4.77. The van der Waals surface area contributed by atoms with Crippen LogP contribution in [-0.4, -0.2) is 52.3 Å². The average Bonchev–Trinajstić information content (AvgIpc) is 2.82. The lowest BCUT2D eigenvalue weighted by Crippen LogP contribution is -2.48. The van der Waals surface area contributed by atoms with Gasteiger partial charge in [0.25, 0.3) is 5.91 Å². The maximum atomic E-state index is 13.2. The van der Waals surface area contributed by atoms with Crippen LogP contribution in [0.2, 0.25) is 0 Å².